The third kappa shape index (κ3) is 8.60. The highest BCUT2D eigenvalue weighted by Crippen LogP contribution is 2.44. The molecule has 1 aromatic rings. The van der Waals surface area contributed by atoms with Gasteiger partial charge in [-0.3, -0.25) is 5.26 Å². The number of aliphatic hydroxyl groups is 1. The summed E-state index contributed by atoms with van der Waals surface area (Å²) >= 11 is 0. The molecule has 2 fully saturated rings. The number of aliphatic hydroxyl groups excluding tert-OH is 1. The predicted octanol–water partition coefficient (Wildman–Crippen LogP) is 5.85. The molecule has 188 valence electrons. The van der Waals surface area contributed by atoms with Crippen molar-refractivity contribution in [2.24, 2.45) is 29.4 Å². The van der Waals surface area contributed by atoms with Gasteiger partial charge in [0.25, 0.3) is 0 Å². The van der Waals surface area contributed by atoms with Gasteiger partial charge in [0.15, 0.2) is 6.29 Å². The first-order valence-electron chi connectivity index (χ1n) is 12.6. The van der Waals surface area contributed by atoms with Crippen LogP contribution in [0.15, 0.2) is 30.3 Å². The topological polar surface area (TPSA) is 94.2 Å². The normalized spacial score (nSPS) is 27.4. The molecule has 33 heavy (non-hydrogen) atoms. The average Bonchev–Trinajstić information content (AvgIpc) is 3.01. The third-order valence-electron chi connectivity index (χ3n) is 7.28. The molecule has 6 atom stereocenters. The Balaban J connectivity index is 0.00000122. The molecule has 0 aromatic heterocycles. The number of unbranched alkanes of at least 4 members (excludes halogenated alkanes) is 2. The third-order valence-corrected chi connectivity index (χ3v) is 7.28. The molecule has 0 amide bonds. The Hall–Kier alpha value is -1.60. The van der Waals surface area contributed by atoms with Gasteiger partial charge < -0.3 is 20.3 Å². The van der Waals surface area contributed by atoms with Crippen LogP contribution in [0.5, 0.6) is 5.75 Å². The van der Waals surface area contributed by atoms with Crippen LogP contribution in [0.4, 0.5) is 0 Å². The van der Waals surface area contributed by atoms with Crippen molar-refractivity contribution in [3.63, 3.8) is 0 Å². The number of nitrogens with two attached hydrogens (primary N) is 1. The minimum Gasteiger partial charge on any atom is -0.465 e. The van der Waals surface area contributed by atoms with Crippen LogP contribution < -0.4 is 10.5 Å². The van der Waals surface area contributed by atoms with E-state index in [4.69, 9.17) is 20.5 Å². The van der Waals surface area contributed by atoms with Crippen molar-refractivity contribution >= 4 is 5.70 Å². The second-order valence-electron chi connectivity index (χ2n) is 9.62. The summed E-state index contributed by atoms with van der Waals surface area (Å²) in [5.41, 5.74) is 7.98. The Labute approximate surface area is 200 Å². The molecular formula is C27H45NO5. The highest BCUT2D eigenvalue weighted by Gasteiger charge is 2.40. The van der Waals surface area contributed by atoms with Gasteiger partial charge in [-0.2, -0.15) is 0 Å². The Morgan fingerprint density at radius 3 is 2.58 bits per heavy atom. The molecule has 3 rings (SSSR count). The molecule has 0 spiro atoms. The molecule has 1 heterocycles. The van der Waals surface area contributed by atoms with Crippen molar-refractivity contribution in [1.29, 1.82) is 0 Å². The standard InChI is InChI=1S/C26H41NO3.CH4O2/c1-4-5-6-10-25(27)21-13-15-22(16-14-21)30-26(28)19(3)23-9-7-8-20-12-11-18(2)29-17-24(20)23;1-3-2/h10,13-16,18-20,23-24,26,28H,4-9,11-12,17,27H2,1-3H3;2H,1H3/b25-10+;. The van der Waals surface area contributed by atoms with Crippen LogP contribution in [0.25, 0.3) is 5.70 Å². The minimum atomic E-state index is -0.808. The van der Waals surface area contributed by atoms with Gasteiger partial charge in [0.05, 0.1) is 19.8 Å². The van der Waals surface area contributed by atoms with Crippen LogP contribution in [-0.2, 0) is 9.62 Å². The van der Waals surface area contributed by atoms with E-state index in [0.717, 1.165) is 49.5 Å². The first-order chi connectivity index (χ1) is 15.9. The summed E-state index contributed by atoms with van der Waals surface area (Å²) in [4.78, 5) is 3.25. The molecule has 1 aliphatic carbocycles. The molecular weight excluding hydrogens is 418 g/mol. The van der Waals surface area contributed by atoms with E-state index in [9.17, 15) is 5.11 Å². The van der Waals surface area contributed by atoms with Crippen LogP contribution in [0.1, 0.15) is 77.7 Å². The molecule has 6 nitrogen and oxygen atoms in total. The van der Waals surface area contributed by atoms with E-state index in [0.29, 0.717) is 23.7 Å². The maximum Gasteiger partial charge on any atom is 0.200 e. The van der Waals surface area contributed by atoms with Crippen molar-refractivity contribution in [2.75, 3.05) is 13.7 Å². The molecule has 1 saturated heterocycles. The summed E-state index contributed by atoms with van der Waals surface area (Å²) in [5, 5.41) is 17.9. The van der Waals surface area contributed by atoms with Crippen molar-refractivity contribution in [3.05, 3.63) is 35.9 Å². The van der Waals surface area contributed by atoms with Gasteiger partial charge in [-0.25, -0.2) is 4.89 Å². The fourth-order valence-electron chi connectivity index (χ4n) is 5.24. The summed E-state index contributed by atoms with van der Waals surface area (Å²) in [6, 6.07) is 7.77. The Morgan fingerprint density at radius 1 is 1.21 bits per heavy atom. The molecule has 1 aliphatic heterocycles. The predicted molar refractivity (Wildman–Crippen MR) is 133 cm³/mol. The number of hydrogen-bond donors (Lipinski definition) is 3. The number of rotatable bonds is 8. The second-order valence-corrected chi connectivity index (χ2v) is 9.62. The van der Waals surface area contributed by atoms with Gasteiger partial charge in [-0.1, -0.05) is 39.2 Å². The number of fused-ring (bicyclic) bond motifs is 1. The van der Waals surface area contributed by atoms with Crippen molar-refractivity contribution in [1.82, 2.24) is 0 Å². The van der Waals surface area contributed by atoms with Gasteiger partial charge in [-0.05, 0) is 86.6 Å². The van der Waals surface area contributed by atoms with E-state index in [2.05, 4.69) is 31.7 Å². The Kier molecular flexibility index (Phi) is 12.2. The molecule has 1 aromatic carbocycles. The molecule has 1 saturated carbocycles. The van der Waals surface area contributed by atoms with E-state index in [1.54, 1.807) is 0 Å². The number of benzene rings is 1. The summed E-state index contributed by atoms with van der Waals surface area (Å²) in [6.07, 6.45) is 11.1. The van der Waals surface area contributed by atoms with E-state index in [1.807, 2.05) is 24.3 Å². The van der Waals surface area contributed by atoms with Gasteiger partial charge >= 0.3 is 0 Å². The second kappa shape index (κ2) is 14.6. The molecule has 0 radical (unpaired) electrons. The van der Waals surface area contributed by atoms with Crippen molar-refractivity contribution in [3.8, 4) is 5.75 Å². The van der Waals surface area contributed by atoms with E-state index < -0.39 is 6.29 Å². The van der Waals surface area contributed by atoms with Crippen LogP contribution >= 0.6 is 0 Å². The Bertz CT molecular complexity index is 692. The first-order valence-corrected chi connectivity index (χ1v) is 12.6. The lowest BCUT2D eigenvalue weighted by atomic mass is 9.66. The van der Waals surface area contributed by atoms with Gasteiger partial charge in [0.1, 0.15) is 5.75 Å². The number of hydrogen-bond acceptors (Lipinski definition) is 6. The van der Waals surface area contributed by atoms with E-state index in [-0.39, 0.29) is 5.92 Å². The zero-order valence-electron chi connectivity index (χ0n) is 20.9. The van der Waals surface area contributed by atoms with Gasteiger partial charge in [0.2, 0.25) is 0 Å². The highest BCUT2D eigenvalue weighted by molar-refractivity contribution is 5.63. The van der Waals surface area contributed by atoms with E-state index in [1.165, 1.54) is 32.8 Å². The lowest BCUT2D eigenvalue weighted by molar-refractivity contribution is -0.214. The average molecular weight is 464 g/mol. The summed E-state index contributed by atoms with van der Waals surface area (Å²) in [7, 11) is 1.18. The van der Waals surface area contributed by atoms with Crippen LogP contribution in [0, 0.1) is 23.7 Å². The van der Waals surface area contributed by atoms with Gasteiger partial charge in [-0.15, -0.1) is 0 Å². The highest BCUT2D eigenvalue weighted by atomic mass is 17.1. The monoisotopic (exact) mass is 463 g/mol. The van der Waals surface area contributed by atoms with Gasteiger partial charge in [0, 0.05) is 11.6 Å². The maximum absolute atomic E-state index is 10.9. The lowest BCUT2D eigenvalue weighted by Crippen LogP contribution is -2.40. The van der Waals surface area contributed by atoms with Crippen LogP contribution in [0.2, 0.25) is 0 Å². The fourth-order valence-corrected chi connectivity index (χ4v) is 5.24. The fraction of sp³-hybridized carbons (Fsp3) is 0.704. The molecule has 6 unspecified atom stereocenters. The summed E-state index contributed by atoms with van der Waals surface area (Å²) < 4.78 is 12.0. The molecule has 0 bridgehead atoms. The summed E-state index contributed by atoms with van der Waals surface area (Å²) in [5.74, 6) is 2.48. The summed E-state index contributed by atoms with van der Waals surface area (Å²) in [6.45, 7) is 7.32. The molecule has 6 heteroatoms. The Morgan fingerprint density at radius 2 is 1.91 bits per heavy atom. The maximum atomic E-state index is 10.9. The number of allylic oxidation sites excluding steroid dienone is 1. The van der Waals surface area contributed by atoms with Crippen LogP contribution in [-0.4, -0.2) is 36.5 Å². The minimum absolute atomic E-state index is 0.0773. The number of ether oxygens (including phenoxy) is 2. The lowest BCUT2D eigenvalue weighted by Gasteiger charge is -2.41. The quantitative estimate of drug-likeness (QED) is 0.194. The zero-order chi connectivity index (χ0) is 24.2. The smallest absolute Gasteiger partial charge is 0.200 e. The first kappa shape index (κ1) is 27.6. The molecule has 4 N–H and O–H groups in total. The molecule has 2 aliphatic rings. The van der Waals surface area contributed by atoms with Crippen LogP contribution in [0.3, 0.4) is 0 Å². The van der Waals surface area contributed by atoms with Crippen molar-refractivity contribution < 1.29 is 24.7 Å². The SMILES string of the molecule is CCCC/C=C(/N)c1ccc(OC(O)C(C)C2CCCC3CCC(C)OCC32)cc1.COO. The largest absolute Gasteiger partial charge is 0.465 e. The van der Waals surface area contributed by atoms with E-state index >= 15 is 0 Å². The van der Waals surface area contributed by atoms with Crippen molar-refractivity contribution in [2.45, 2.75) is 84.5 Å². The zero-order valence-corrected chi connectivity index (χ0v) is 20.9.